The van der Waals surface area contributed by atoms with Crippen molar-refractivity contribution < 1.29 is 4.79 Å². The lowest BCUT2D eigenvalue weighted by atomic mass is 10.0. The van der Waals surface area contributed by atoms with Crippen LogP contribution in [-0.4, -0.2) is 20.5 Å². The summed E-state index contributed by atoms with van der Waals surface area (Å²) in [4.78, 5) is 17.2. The van der Waals surface area contributed by atoms with Gasteiger partial charge in [0.1, 0.15) is 5.69 Å². The average molecular weight is 300 g/mol. The van der Waals surface area contributed by atoms with E-state index in [1.54, 1.807) is 16.9 Å². The highest BCUT2D eigenvalue weighted by Gasteiger charge is 2.22. The molecule has 0 radical (unpaired) electrons. The number of hydrogen-bond donors (Lipinski definition) is 0. The van der Waals surface area contributed by atoms with E-state index in [1.165, 1.54) is 6.20 Å². The van der Waals surface area contributed by atoms with Crippen LogP contribution in [0, 0.1) is 0 Å². The normalized spacial score (nSPS) is 11.2. The van der Waals surface area contributed by atoms with Gasteiger partial charge in [-0.1, -0.05) is 29.8 Å². The predicted octanol–water partition coefficient (Wildman–Crippen LogP) is 3.90. The van der Waals surface area contributed by atoms with Crippen molar-refractivity contribution in [3.63, 3.8) is 0 Å². The molecule has 0 N–H and O–H groups in total. The molecule has 0 aliphatic carbocycles. The molecule has 2 heterocycles. The summed E-state index contributed by atoms with van der Waals surface area (Å²) in [6.45, 7) is 3.93. The second-order valence-corrected chi connectivity index (χ2v) is 5.49. The van der Waals surface area contributed by atoms with Gasteiger partial charge in [-0.2, -0.15) is 5.10 Å². The lowest BCUT2D eigenvalue weighted by Gasteiger charge is -2.11. The monoisotopic (exact) mass is 299 g/mol. The minimum absolute atomic E-state index is 0.0598. The maximum atomic E-state index is 12.9. The summed E-state index contributed by atoms with van der Waals surface area (Å²) in [5, 5.41) is 5.38. The summed E-state index contributed by atoms with van der Waals surface area (Å²) in [5.74, 6) is -0.134. The minimum atomic E-state index is -0.134. The molecule has 106 valence electrons. The van der Waals surface area contributed by atoms with E-state index in [9.17, 15) is 4.79 Å². The van der Waals surface area contributed by atoms with Crippen LogP contribution in [0.25, 0.3) is 10.9 Å². The number of carbonyl (C=O) groups excluding carboxylic acids is 1. The summed E-state index contributed by atoms with van der Waals surface area (Å²) < 4.78 is 1.65. The van der Waals surface area contributed by atoms with E-state index in [1.807, 2.05) is 38.1 Å². The molecule has 0 saturated carbocycles. The molecule has 0 unspecified atom stereocenters. The third-order valence-corrected chi connectivity index (χ3v) is 3.63. The Balaban J connectivity index is 2.20. The molecule has 0 bridgehead atoms. The Morgan fingerprint density at radius 1 is 1.24 bits per heavy atom. The largest absolute Gasteiger partial charge is 0.287 e. The highest BCUT2D eigenvalue weighted by atomic mass is 35.5. The van der Waals surface area contributed by atoms with Crippen molar-refractivity contribution in [3.8, 4) is 0 Å². The second kappa shape index (κ2) is 5.30. The zero-order chi connectivity index (χ0) is 15.0. The van der Waals surface area contributed by atoms with Crippen LogP contribution in [0.2, 0.25) is 5.02 Å². The summed E-state index contributed by atoms with van der Waals surface area (Å²) in [6, 6.07) is 9.34. The molecular formula is C16H14ClN3O. The Labute approximate surface area is 127 Å². The van der Waals surface area contributed by atoms with Gasteiger partial charge in [-0.3, -0.25) is 14.5 Å². The standard InChI is InChI=1S/C16H14ClN3O/c1-10(2)20-15(13(17)9-19-20)16(21)12-7-8-18-14-6-4-3-5-11(12)14/h3-10H,1-2H3. The molecule has 0 spiro atoms. The molecule has 0 aliphatic rings. The van der Waals surface area contributed by atoms with Gasteiger partial charge >= 0.3 is 0 Å². The van der Waals surface area contributed by atoms with E-state index in [4.69, 9.17) is 11.6 Å². The van der Waals surface area contributed by atoms with E-state index >= 15 is 0 Å². The highest BCUT2D eigenvalue weighted by molar-refractivity contribution is 6.35. The molecule has 0 aliphatic heterocycles. The van der Waals surface area contributed by atoms with Crippen molar-refractivity contribution in [2.24, 2.45) is 0 Å². The van der Waals surface area contributed by atoms with Crippen LogP contribution in [0.1, 0.15) is 35.9 Å². The molecule has 5 heteroatoms. The van der Waals surface area contributed by atoms with Gasteiger partial charge in [0.25, 0.3) is 0 Å². The van der Waals surface area contributed by atoms with Crippen molar-refractivity contribution in [1.82, 2.24) is 14.8 Å². The van der Waals surface area contributed by atoms with Crippen LogP contribution in [0.4, 0.5) is 0 Å². The molecule has 2 aromatic heterocycles. The second-order valence-electron chi connectivity index (χ2n) is 5.08. The smallest absolute Gasteiger partial charge is 0.213 e. The topological polar surface area (TPSA) is 47.8 Å². The van der Waals surface area contributed by atoms with Gasteiger partial charge in [-0.15, -0.1) is 0 Å². The number of para-hydroxylation sites is 1. The first-order chi connectivity index (χ1) is 10.1. The fraction of sp³-hybridized carbons (Fsp3) is 0.188. The summed E-state index contributed by atoms with van der Waals surface area (Å²) >= 11 is 6.17. The van der Waals surface area contributed by atoms with Crippen molar-refractivity contribution >= 4 is 28.3 Å². The lowest BCUT2D eigenvalue weighted by Crippen LogP contribution is -2.14. The lowest BCUT2D eigenvalue weighted by molar-refractivity contribution is 0.102. The van der Waals surface area contributed by atoms with Gasteiger partial charge in [0.05, 0.1) is 16.7 Å². The third kappa shape index (κ3) is 2.32. The number of nitrogens with zero attached hydrogens (tertiary/aromatic N) is 3. The Hall–Kier alpha value is -2.20. The summed E-state index contributed by atoms with van der Waals surface area (Å²) in [7, 11) is 0. The number of aromatic nitrogens is 3. The third-order valence-electron chi connectivity index (χ3n) is 3.35. The molecule has 21 heavy (non-hydrogen) atoms. The fourth-order valence-electron chi connectivity index (χ4n) is 2.37. The van der Waals surface area contributed by atoms with E-state index in [-0.39, 0.29) is 11.8 Å². The zero-order valence-electron chi connectivity index (χ0n) is 11.7. The van der Waals surface area contributed by atoms with Crippen LogP contribution in [-0.2, 0) is 0 Å². The quantitative estimate of drug-likeness (QED) is 0.689. The van der Waals surface area contributed by atoms with Crippen LogP contribution < -0.4 is 0 Å². The van der Waals surface area contributed by atoms with Gasteiger partial charge < -0.3 is 0 Å². The number of pyridine rings is 1. The minimum Gasteiger partial charge on any atom is -0.287 e. The number of hydrogen-bond acceptors (Lipinski definition) is 3. The first-order valence-corrected chi connectivity index (χ1v) is 7.09. The van der Waals surface area contributed by atoms with Gasteiger partial charge in [0.15, 0.2) is 0 Å². The number of halogens is 1. The molecule has 0 amide bonds. The van der Waals surface area contributed by atoms with Crippen LogP contribution in [0.15, 0.2) is 42.7 Å². The maximum Gasteiger partial charge on any atom is 0.213 e. The Bertz CT molecular complexity index is 818. The summed E-state index contributed by atoms with van der Waals surface area (Å²) in [6.07, 6.45) is 3.15. The van der Waals surface area contributed by atoms with Crippen molar-refractivity contribution in [2.45, 2.75) is 19.9 Å². The van der Waals surface area contributed by atoms with Gasteiger partial charge in [-0.05, 0) is 26.0 Å². The molecule has 3 rings (SSSR count). The number of benzene rings is 1. The van der Waals surface area contributed by atoms with Gasteiger partial charge in [0.2, 0.25) is 5.78 Å². The van der Waals surface area contributed by atoms with Gasteiger partial charge in [0, 0.05) is 23.2 Å². The van der Waals surface area contributed by atoms with Crippen LogP contribution in [0.3, 0.4) is 0 Å². The predicted molar refractivity (Wildman–Crippen MR) is 82.8 cm³/mol. The molecule has 0 atom stereocenters. The van der Waals surface area contributed by atoms with E-state index in [0.29, 0.717) is 16.3 Å². The molecule has 1 aromatic carbocycles. The Morgan fingerprint density at radius 3 is 2.76 bits per heavy atom. The first kappa shape index (κ1) is 13.8. The maximum absolute atomic E-state index is 12.9. The Morgan fingerprint density at radius 2 is 2.00 bits per heavy atom. The SMILES string of the molecule is CC(C)n1ncc(Cl)c1C(=O)c1ccnc2ccccc12. The average Bonchev–Trinajstić information content (AvgIpc) is 2.88. The van der Waals surface area contributed by atoms with Crippen molar-refractivity contribution in [2.75, 3.05) is 0 Å². The number of ketones is 1. The molecule has 4 nitrogen and oxygen atoms in total. The van der Waals surface area contributed by atoms with Crippen molar-refractivity contribution in [3.05, 3.63) is 59.0 Å². The van der Waals surface area contributed by atoms with Crippen LogP contribution in [0.5, 0.6) is 0 Å². The van der Waals surface area contributed by atoms with E-state index in [2.05, 4.69) is 10.1 Å². The van der Waals surface area contributed by atoms with Crippen LogP contribution >= 0.6 is 11.6 Å². The van der Waals surface area contributed by atoms with Crippen molar-refractivity contribution in [1.29, 1.82) is 0 Å². The highest BCUT2D eigenvalue weighted by Crippen LogP contribution is 2.25. The number of carbonyl (C=O) groups is 1. The Kier molecular flexibility index (Phi) is 3.47. The van der Waals surface area contributed by atoms with E-state index in [0.717, 1.165) is 10.9 Å². The molecule has 0 fully saturated rings. The zero-order valence-corrected chi connectivity index (χ0v) is 12.5. The molecule has 0 saturated heterocycles. The fourth-order valence-corrected chi connectivity index (χ4v) is 2.58. The molecular weight excluding hydrogens is 286 g/mol. The number of fused-ring (bicyclic) bond motifs is 1. The molecule has 3 aromatic rings. The van der Waals surface area contributed by atoms with E-state index < -0.39 is 0 Å². The van der Waals surface area contributed by atoms with Gasteiger partial charge in [-0.25, -0.2) is 0 Å². The summed E-state index contributed by atoms with van der Waals surface area (Å²) in [5.41, 5.74) is 1.79. The number of rotatable bonds is 3. The first-order valence-electron chi connectivity index (χ1n) is 6.71.